The number of hydrogen-bond donors (Lipinski definition) is 0. The molecule has 0 aliphatic heterocycles. The van der Waals surface area contributed by atoms with Crippen molar-refractivity contribution in [1.82, 2.24) is 9.38 Å². The Morgan fingerprint density at radius 2 is 1.90 bits per heavy atom. The maximum atomic E-state index is 11.3. The molecule has 0 amide bonds. The van der Waals surface area contributed by atoms with Crippen molar-refractivity contribution >= 4 is 11.5 Å². The molecule has 2 heterocycles. The van der Waals surface area contributed by atoms with Crippen LogP contribution >= 0.6 is 0 Å². The van der Waals surface area contributed by atoms with Gasteiger partial charge in [0.05, 0.1) is 0 Å². The number of nitroso groups, excluding NO2 is 1. The first kappa shape index (κ1) is 12.5. The van der Waals surface area contributed by atoms with Crippen LogP contribution in [0.25, 0.3) is 16.9 Å². The van der Waals surface area contributed by atoms with Crippen molar-refractivity contribution in [3.63, 3.8) is 0 Å². The molecule has 0 saturated carbocycles. The Bertz CT molecular complexity index is 818. The Labute approximate surface area is 117 Å². The molecule has 1 aromatic carbocycles. The molecular formula is C16H15N3O. The fourth-order valence-corrected chi connectivity index (χ4v) is 2.49. The van der Waals surface area contributed by atoms with Crippen molar-refractivity contribution in [2.45, 2.75) is 20.8 Å². The Kier molecular flexibility index (Phi) is 2.86. The monoisotopic (exact) mass is 265 g/mol. The summed E-state index contributed by atoms with van der Waals surface area (Å²) in [5.41, 5.74) is 5.52. The minimum atomic E-state index is 0.367. The van der Waals surface area contributed by atoms with E-state index in [4.69, 9.17) is 0 Å². The number of rotatable bonds is 2. The maximum absolute atomic E-state index is 11.3. The van der Waals surface area contributed by atoms with Gasteiger partial charge < -0.3 is 0 Å². The zero-order chi connectivity index (χ0) is 14.3. The zero-order valence-corrected chi connectivity index (χ0v) is 11.7. The number of fused-ring (bicyclic) bond motifs is 1. The van der Waals surface area contributed by atoms with E-state index < -0.39 is 0 Å². The quantitative estimate of drug-likeness (QED) is 0.647. The second-order valence-corrected chi connectivity index (χ2v) is 5.05. The smallest absolute Gasteiger partial charge is 0.209 e. The Hall–Kier alpha value is -2.49. The highest BCUT2D eigenvalue weighted by Gasteiger charge is 2.17. The number of imidazole rings is 1. The molecular weight excluding hydrogens is 250 g/mol. The number of hydrogen-bond acceptors (Lipinski definition) is 3. The van der Waals surface area contributed by atoms with Gasteiger partial charge in [0.2, 0.25) is 5.82 Å². The third-order valence-electron chi connectivity index (χ3n) is 3.55. The average Bonchev–Trinajstić information content (AvgIpc) is 2.81. The van der Waals surface area contributed by atoms with Crippen molar-refractivity contribution in [2.75, 3.05) is 0 Å². The molecule has 4 nitrogen and oxygen atoms in total. The summed E-state index contributed by atoms with van der Waals surface area (Å²) >= 11 is 0. The van der Waals surface area contributed by atoms with E-state index in [0.29, 0.717) is 11.5 Å². The lowest BCUT2D eigenvalue weighted by molar-refractivity contribution is 1.08. The van der Waals surface area contributed by atoms with Crippen molar-refractivity contribution in [1.29, 1.82) is 0 Å². The van der Waals surface area contributed by atoms with Crippen LogP contribution in [-0.4, -0.2) is 9.38 Å². The van der Waals surface area contributed by atoms with E-state index in [1.54, 1.807) is 4.40 Å². The van der Waals surface area contributed by atoms with E-state index in [1.807, 2.05) is 57.2 Å². The topological polar surface area (TPSA) is 46.7 Å². The highest BCUT2D eigenvalue weighted by atomic mass is 16.3. The van der Waals surface area contributed by atoms with Crippen LogP contribution < -0.4 is 0 Å². The van der Waals surface area contributed by atoms with Gasteiger partial charge in [0.1, 0.15) is 11.3 Å². The Morgan fingerprint density at radius 3 is 2.65 bits per heavy atom. The van der Waals surface area contributed by atoms with E-state index in [1.165, 1.54) is 0 Å². The molecule has 0 aliphatic rings. The van der Waals surface area contributed by atoms with Crippen LogP contribution in [-0.2, 0) is 0 Å². The zero-order valence-electron chi connectivity index (χ0n) is 11.7. The standard InChI is InChI=1S/C16H15N3O/c1-10-7-8-11(2)13(9-10)15-16(18-20)19-12(3)5-4-6-14(19)17-15/h4-9H,1-3H3. The largest absolute Gasteiger partial charge is 0.278 e. The Balaban J connectivity index is 2.39. The lowest BCUT2D eigenvalue weighted by Gasteiger charge is -2.04. The van der Waals surface area contributed by atoms with Gasteiger partial charge in [-0.05, 0) is 49.7 Å². The van der Waals surface area contributed by atoms with Crippen LogP contribution in [0.4, 0.5) is 5.82 Å². The molecule has 0 fully saturated rings. The van der Waals surface area contributed by atoms with Crippen molar-refractivity contribution in [3.05, 3.63) is 58.1 Å². The summed E-state index contributed by atoms with van der Waals surface area (Å²) in [6, 6.07) is 11.9. The van der Waals surface area contributed by atoms with Crippen molar-refractivity contribution in [2.24, 2.45) is 5.18 Å². The van der Waals surface area contributed by atoms with Gasteiger partial charge in [-0.15, -0.1) is 4.91 Å². The third kappa shape index (κ3) is 1.81. The highest BCUT2D eigenvalue weighted by molar-refractivity contribution is 5.77. The molecule has 0 spiro atoms. The molecule has 2 aromatic heterocycles. The molecule has 0 saturated heterocycles. The normalized spacial score (nSPS) is 10.9. The second kappa shape index (κ2) is 4.56. The van der Waals surface area contributed by atoms with Crippen LogP contribution in [0.15, 0.2) is 41.6 Å². The molecule has 100 valence electrons. The summed E-state index contributed by atoms with van der Waals surface area (Å²) in [6.45, 7) is 5.98. The fraction of sp³-hybridized carbons (Fsp3) is 0.188. The SMILES string of the molecule is Cc1ccc(C)c(-c2nc3cccc(C)n3c2N=O)c1. The van der Waals surface area contributed by atoms with Gasteiger partial charge >= 0.3 is 0 Å². The Morgan fingerprint density at radius 1 is 1.10 bits per heavy atom. The highest BCUT2D eigenvalue weighted by Crippen LogP contribution is 2.34. The fourth-order valence-electron chi connectivity index (χ4n) is 2.49. The van der Waals surface area contributed by atoms with Crippen LogP contribution in [0.5, 0.6) is 0 Å². The van der Waals surface area contributed by atoms with E-state index in [9.17, 15) is 4.91 Å². The summed E-state index contributed by atoms with van der Waals surface area (Å²) in [7, 11) is 0. The summed E-state index contributed by atoms with van der Waals surface area (Å²) in [5, 5.41) is 3.22. The van der Waals surface area contributed by atoms with Gasteiger partial charge in [0, 0.05) is 11.3 Å². The third-order valence-corrected chi connectivity index (χ3v) is 3.55. The number of pyridine rings is 1. The van der Waals surface area contributed by atoms with E-state index in [0.717, 1.165) is 28.0 Å². The summed E-state index contributed by atoms with van der Waals surface area (Å²) in [6.07, 6.45) is 0. The lowest BCUT2D eigenvalue weighted by Crippen LogP contribution is -1.89. The average molecular weight is 265 g/mol. The minimum absolute atomic E-state index is 0.367. The molecule has 0 unspecified atom stereocenters. The minimum Gasteiger partial charge on any atom is -0.278 e. The maximum Gasteiger partial charge on any atom is 0.209 e. The van der Waals surface area contributed by atoms with Crippen molar-refractivity contribution < 1.29 is 0 Å². The van der Waals surface area contributed by atoms with Crippen LogP contribution in [0, 0.1) is 25.7 Å². The predicted molar refractivity (Wildman–Crippen MR) is 80.3 cm³/mol. The first-order valence-electron chi connectivity index (χ1n) is 6.51. The molecule has 20 heavy (non-hydrogen) atoms. The van der Waals surface area contributed by atoms with E-state index in [-0.39, 0.29) is 0 Å². The summed E-state index contributed by atoms with van der Waals surface area (Å²) < 4.78 is 1.80. The lowest BCUT2D eigenvalue weighted by atomic mass is 10.0. The predicted octanol–water partition coefficient (Wildman–Crippen LogP) is 4.32. The van der Waals surface area contributed by atoms with Crippen LogP contribution in [0.2, 0.25) is 0 Å². The van der Waals surface area contributed by atoms with Gasteiger partial charge in [-0.2, -0.15) is 0 Å². The number of aromatic nitrogens is 2. The summed E-state index contributed by atoms with van der Waals surface area (Å²) in [4.78, 5) is 15.9. The summed E-state index contributed by atoms with van der Waals surface area (Å²) in [5.74, 6) is 0.367. The first-order valence-corrected chi connectivity index (χ1v) is 6.51. The molecule has 0 N–H and O–H groups in total. The van der Waals surface area contributed by atoms with Gasteiger partial charge in [-0.1, -0.05) is 23.8 Å². The molecule has 0 aliphatic carbocycles. The first-order chi connectivity index (χ1) is 9.61. The van der Waals surface area contributed by atoms with E-state index in [2.05, 4.69) is 10.2 Å². The molecule has 0 atom stereocenters. The second-order valence-electron chi connectivity index (χ2n) is 5.05. The molecule has 4 heteroatoms. The van der Waals surface area contributed by atoms with Gasteiger partial charge in [0.15, 0.2) is 0 Å². The molecule has 3 aromatic rings. The van der Waals surface area contributed by atoms with Gasteiger partial charge in [0.25, 0.3) is 0 Å². The van der Waals surface area contributed by atoms with Gasteiger partial charge in [-0.25, -0.2) is 4.98 Å². The molecule has 3 rings (SSSR count). The number of benzene rings is 1. The van der Waals surface area contributed by atoms with Crippen LogP contribution in [0.1, 0.15) is 16.8 Å². The van der Waals surface area contributed by atoms with Gasteiger partial charge in [-0.3, -0.25) is 4.40 Å². The molecule has 0 radical (unpaired) electrons. The molecule has 0 bridgehead atoms. The number of nitrogens with zero attached hydrogens (tertiary/aromatic N) is 3. The van der Waals surface area contributed by atoms with Crippen molar-refractivity contribution in [3.8, 4) is 11.3 Å². The van der Waals surface area contributed by atoms with E-state index >= 15 is 0 Å². The number of aryl methyl sites for hydroxylation is 3. The van der Waals surface area contributed by atoms with Crippen LogP contribution in [0.3, 0.4) is 0 Å².